The van der Waals surface area contributed by atoms with Crippen molar-refractivity contribution in [3.8, 4) is 0 Å². The second-order valence-corrected chi connectivity index (χ2v) is 7.47. The molecule has 0 aliphatic carbocycles. The van der Waals surface area contributed by atoms with Gasteiger partial charge >= 0.3 is 0 Å². The van der Waals surface area contributed by atoms with Crippen LogP contribution in [0.2, 0.25) is 0 Å². The lowest BCUT2D eigenvalue weighted by Gasteiger charge is -2.17. The van der Waals surface area contributed by atoms with Gasteiger partial charge in [-0.1, -0.05) is 71.1 Å². The van der Waals surface area contributed by atoms with Gasteiger partial charge in [0.05, 0.1) is 6.42 Å². The first-order valence-electron chi connectivity index (χ1n) is 11.0. The van der Waals surface area contributed by atoms with E-state index in [2.05, 4.69) is 22.9 Å². The summed E-state index contributed by atoms with van der Waals surface area (Å²) in [5, 5.41) is 8.23. The Bertz CT molecular complexity index is 430. The predicted octanol–water partition coefficient (Wildman–Crippen LogP) is 2.38. The third-order valence-corrected chi connectivity index (χ3v) is 4.74. The van der Waals surface area contributed by atoms with Crippen molar-refractivity contribution in [2.24, 2.45) is 5.73 Å². The van der Waals surface area contributed by atoms with Gasteiger partial charge < -0.3 is 21.7 Å². The maximum absolute atomic E-state index is 12.1. The first-order chi connectivity index (χ1) is 13.5. The maximum atomic E-state index is 12.1. The molecule has 0 rings (SSSR count). The standard InChI is InChI=1S/C21H42N4O3/c1-3-4-5-6-7-8-9-10-11-12-13-14-20(27)25-18(17-19(22)26)21(28)24-16-15-23-2/h18,23H,3-17H2,1-2H3,(H2,22,26)(H,24,28)(H,25,27). The Morgan fingerprint density at radius 3 is 1.86 bits per heavy atom. The molecular weight excluding hydrogens is 356 g/mol. The van der Waals surface area contributed by atoms with Crippen LogP contribution in [0.5, 0.6) is 0 Å². The van der Waals surface area contributed by atoms with Crippen molar-refractivity contribution in [3.05, 3.63) is 0 Å². The number of amides is 3. The summed E-state index contributed by atoms with van der Waals surface area (Å²) in [5.41, 5.74) is 5.19. The number of rotatable bonds is 19. The highest BCUT2D eigenvalue weighted by molar-refractivity contribution is 5.91. The summed E-state index contributed by atoms with van der Waals surface area (Å²) in [6.45, 7) is 3.28. The lowest BCUT2D eigenvalue weighted by atomic mass is 10.1. The summed E-state index contributed by atoms with van der Waals surface area (Å²) in [6.07, 6.45) is 13.6. The minimum Gasteiger partial charge on any atom is -0.370 e. The summed E-state index contributed by atoms with van der Waals surface area (Å²) in [5.74, 6) is -1.18. The first-order valence-corrected chi connectivity index (χ1v) is 11.0. The number of hydrogen-bond donors (Lipinski definition) is 4. The zero-order valence-corrected chi connectivity index (χ0v) is 18.0. The maximum Gasteiger partial charge on any atom is 0.243 e. The van der Waals surface area contributed by atoms with Gasteiger partial charge in [0, 0.05) is 19.5 Å². The van der Waals surface area contributed by atoms with Crippen LogP contribution in [0.1, 0.15) is 90.4 Å². The average molecular weight is 399 g/mol. The lowest BCUT2D eigenvalue weighted by molar-refractivity contribution is -0.131. The van der Waals surface area contributed by atoms with E-state index in [1.54, 1.807) is 7.05 Å². The number of primary amides is 1. The van der Waals surface area contributed by atoms with Gasteiger partial charge in [-0.3, -0.25) is 14.4 Å². The normalized spacial score (nSPS) is 11.8. The quantitative estimate of drug-likeness (QED) is 0.250. The fourth-order valence-electron chi connectivity index (χ4n) is 3.06. The molecule has 0 saturated carbocycles. The summed E-state index contributed by atoms with van der Waals surface area (Å²) < 4.78 is 0. The first kappa shape index (κ1) is 26.4. The number of carbonyl (C=O) groups excluding carboxylic acids is 3. The topological polar surface area (TPSA) is 113 Å². The van der Waals surface area contributed by atoms with Gasteiger partial charge in [0.25, 0.3) is 0 Å². The molecule has 0 radical (unpaired) electrons. The van der Waals surface area contributed by atoms with E-state index in [-0.39, 0.29) is 18.2 Å². The van der Waals surface area contributed by atoms with Crippen molar-refractivity contribution in [2.75, 3.05) is 20.1 Å². The fraction of sp³-hybridized carbons (Fsp3) is 0.857. The van der Waals surface area contributed by atoms with Gasteiger partial charge in [0.2, 0.25) is 17.7 Å². The third-order valence-electron chi connectivity index (χ3n) is 4.74. The molecule has 0 heterocycles. The molecule has 1 atom stereocenters. The molecule has 1 unspecified atom stereocenters. The van der Waals surface area contributed by atoms with E-state index in [1.807, 2.05) is 0 Å². The molecule has 7 nitrogen and oxygen atoms in total. The van der Waals surface area contributed by atoms with Crippen LogP contribution in [0.15, 0.2) is 0 Å². The zero-order valence-electron chi connectivity index (χ0n) is 18.0. The van der Waals surface area contributed by atoms with Crippen molar-refractivity contribution in [2.45, 2.75) is 96.4 Å². The largest absolute Gasteiger partial charge is 0.370 e. The van der Waals surface area contributed by atoms with Crippen LogP contribution in [-0.4, -0.2) is 43.9 Å². The molecule has 5 N–H and O–H groups in total. The fourth-order valence-corrected chi connectivity index (χ4v) is 3.06. The average Bonchev–Trinajstić information content (AvgIpc) is 2.65. The Balaban J connectivity index is 3.84. The second kappa shape index (κ2) is 18.7. The molecule has 0 aromatic rings. The third kappa shape index (κ3) is 16.5. The van der Waals surface area contributed by atoms with E-state index in [0.29, 0.717) is 19.5 Å². The van der Waals surface area contributed by atoms with Crippen LogP contribution in [0.25, 0.3) is 0 Å². The van der Waals surface area contributed by atoms with E-state index in [1.165, 1.54) is 51.4 Å². The van der Waals surface area contributed by atoms with Gasteiger partial charge in [-0.25, -0.2) is 0 Å². The molecule has 164 valence electrons. The molecule has 7 heteroatoms. The minimum atomic E-state index is -0.894. The van der Waals surface area contributed by atoms with Crippen LogP contribution in [-0.2, 0) is 14.4 Å². The summed E-state index contributed by atoms with van der Waals surface area (Å²) in [6, 6.07) is -0.894. The van der Waals surface area contributed by atoms with Gasteiger partial charge in [-0.05, 0) is 13.5 Å². The van der Waals surface area contributed by atoms with E-state index >= 15 is 0 Å². The van der Waals surface area contributed by atoms with Crippen LogP contribution in [0.3, 0.4) is 0 Å². The highest BCUT2D eigenvalue weighted by Crippen LogP contribution is 2.12. The van der Waals surface area contributed by atoms with Crippen LogP contribution >= 0.6 is 0 Å². The number of carbonyl (C=O) groups is 3. The Morgan fingerprint density at radius 2 is 1.36 bits per heavy atom. The van der Waals surface area contributed by atoms with Crippen LogP contribution < -0.4 is 21.7 Å². The highest BCUT2D eigenvalue weighted by Gasteiger charge is 2.22. The number of hydrogen-bond acceptors (Lipinski definition) is 4. The molecule has 0 bridgehead atoms. The van der Waals surface area contributed by atoms with Gasteiger partial charge in [-0.2, -0.15) is 0 Å². The number of nitrogens with one attached hydrogen (secondary N) is 3. The molecule has 0 aromatic heterocycles. The molecule has 28 heavy (non-hydrogen) atoms. The molecule has 0 spiro atoms. The van der Waals surface area contributed by atoms with E-state index < -0.39 is 11.9 Å². The summed E-state index contributed by atoms with van der Waals surface area (Å²) in [4.78, 5) is 35.3. The number of unbranched alkanes of at least 4 members (excludes halogenated alkanes) is 10. The summed E-state index contributed by atoms with van der Waals surface area (Å²) >= 11 is 0. The van der Waals surface area contributed by atoms with Crippen molar-refractivity contribution < 1.29 is 14.4 Å². The van der Waals surface area contributed by atoms with E-state index in [9.17, 15) is 14.4 Å². The van der Waals surface area contributed by atoms with Gasteiger partial charge in [-0.15, -0.1) is 0 Å². The Kier molecular flexibility index (Phi) is 17.6. The van der Waals surface area contributed by atoms with E-state index in [0.717, 1.165) is 19.3 Å². The Hall–Kier alpha value is -1.63. The van der Waals surface area contributed by atoms with Crippen LogP contribution in [0.4, 0.5) is 0 Å². The number of nitrogens with two attached hydrogens (primary N) is 1. The van der Waals surface area contributed by atoms with Crippen LogP contribution in [0, 0.1) is 0 Å². The Labute approximate surface area is 171 Å². The molecule has 0 aliphatic rings. The molecule has 0 fully saturated rings. The van der Waals surface area contributed by atoms with E-state index in [4.69, 9.17) is 5.73 Å². The van der Waals surface area contributed by atoms with Crippen molar-refractivity contribution in [3.63, 3.8) is 0 Å². The predicted molar refractivity (Wildman–Crippen MR) is 114 cm³/mol. The highest BCUT2D eigenvalue weighted by atomic mass is 16.2. The van der Waals surface area contributed by atoms with Crippen molar-refractivity contribution >= 4 is 17.7 Å². The summed E-state index contributed by atoms with van der Waals surface area (Å²) in [7, 11) is 1.78. The smallest absolute Gasteiger partial charge is 0.243 e. The second-order valence-electron chi connectivity index (χ2n) is 7.47. The van der Waals surface area contributed by atoms with Crippen molar-refractivity contribution in [1.82, 2.24) is 16.0 Å². The van der Waals surface area contributed by atoms with Crippen molar-refractivity contribution in [1.29, 1.82) is 0 Å². The Morgan fingerprint density at radius 1 is 0.821 bits per heavy atom. The number of likely N-dealkylation sites (N-methyl/N-ethyl adjacent to an activating group) is 1. The van der Waals surface area contributed by atoms with Gasteiger partial charge in [0.15, 0.2) is 0 Å². The SMILES string of the molecule is CCCCCCCCCCCCCC(=O)NC(CC(N)=O)C(=O)NCCNC. The molecular formula is C21H42N4O3. The molecule has 0 aliphatic heterocycles. The molecule has 0 aromatic carbocycles. The lowest BCUT2D eigenvalue weighted by Crippen LogP contribution is -2.49. The minimum absolute atomic E-state index is 0.185. The van der Waals surface area contributed by atoms with Gasteiger partial charge in [0.1, 0.15) is 6.04 Å². The molecule has 3 amide bonds. The molecule has 0 saturated heterocycles. The zero-order chi connectivity index (χ0) is 21.0. The monoisotopic (exact) mass is 398 g/mol.